The van der Waals surface area contributed by atoms with E-state index in [2.05, 4.69) is 4.98 Å². The smallest absolute Gasteiger partial charge is 0.148 e. The van der Waals surface area contributed by atoms with Crippen LogP contribution >= 0.6 is 11.8 Å². The molecule has 1 heterocycles. The molecule has 84 valence electrons. The fourth-order valence-electron chi connectivity index (χ4n) is 0.896. The first-order valence-electron chi connectivity index (χ1n) is 4.41. The first-order valence-corrected chi connectivity index (χ1v) is 7.46. The van der Waals surface area contributed by atoms with Gasteiger partial charge in [-0.25, -0.2) is 13.4 Å². The monoisotopic (exact) mass is 246 g/mol. The summed E-state index contributed by atoms with van der Waals surface area (Å²) < 4.78 is 21.8. The Morgan fingerprint density at radius 2 is 2.20 bits per heavy atom. The summed E-state index contributed by atoms with van der Waals surface area (Å²) >= 11 is 1.40. The molecule has 0 saturated carbocycles. The number of aromatic nitrogens is 1. The predicted octanol–water partition coefficient (Wildman–Crippen LogP) is 1.11. The Morgan fingerprint density at radius 3 is 2.73 bits per heavy atom. The number of nitrogens with zero attached hydrogens (tertiary/aromatic N) is 1. The molecule has 1 aromatic rings. The number of nitrogens with two attached hydrogens (primary N) is 1. The van der Waals surface area contributed by atoms with E-state index in [4.69, 9.17) is 5.73 Å². The maximum atomic E-state index is 10.9. The van der Waals surface area contributed by atoms with Crippen molar-refractivity contribution in [2.75, 3.05) is 23.5 Å². The molecule has 4 nitrogen and oxygen atoms in total. The molecule has 1 rings (SSSR count). The highest BCUT2D eigenvalue weighted by atomic mass is 32.2. The van der Waals surface area contributed by atoms with E-state index in [-0.39, 0.29) is 5.75 Å². The largest absolute Gasteiger partial charge is 0.398 e. The van der Waals surface area contributed by atoms with Gasteiger partial charge < -0.3 is 5.73 Å². The van der Waals surface area contributed by atoms with E-state index in [0.29, 0.717) is 11.4 Å². The number of anilines is 1. The highest BCUT2D eigenvalue weighted by molar-refractivity contribution is 8.00. The molecule has 0 unspecified atom stereocenters. The summed E-state index contributed by atoms with van der Waals surface area (Å²) in [6.07, 6.45) is 2.92. The van der Waals surface area contributed by atoms with Crippen LogP contribution in [0, 0.1) is 6.92 Å². The van der Waals surface area contributed by atoms with Crippen LogP contribution < -0.4 is 5.73 Å². The van der Waals surface area contributed by atoms with Gasteiger partial charge in [0.25, 0.3) is 0 Å². The van der Waals surface area contributed by atoms with E-state index in [1.165, 1.54) is 18.0 Å². The SMILES string of the molecule is Cc1cnc(SCCS(C)(=O)=O)cc1N. The van der Waals surface area contributed by atoms with Crippen molar-refractivity contribution in [3.8, 4) is 0 Å². The molecule has 0 aromatic carbocycles. The van der Waals surface area contributed by atoms with Gasteiger partial charge in [0.1, 0.15) is 9.84 Å². The van der Waals surface area contributed by atoms with Gasteiger partial charge >= 0.3 is 0 Å². The number of aryl methyl sites for hydroxylation is 1. The number of nitrogen functional groups attached to an aromatic ring is 1. The lowest BCUT2D eigenvalue weighted by molar-refractivity contribution is 0.603. The van der Waals surface area contributed by atoms with Gasteiger partial charge in [-0.2, -0.15) is 0 Å². The third-order valence-electron chi connectivity index (χ3n) is 1.82. The molecule has 0 bridgehead atoms. The lowest BCUT2D eigenvalue weighted by Crippen LogP contribution is -2.05. The molecular formula is C9H14N2O2S2. The lowest BCUT2D eigenvalue weighted by Gasteiger charge is -2.03. The average Bonchev–Trinajstić information content (AvgIpc) is 2.09. The molecule has 0 saturated heterocycles. The zero-order valence-corrected chi connectivity index (χ0v) is 10.4. The van der Waals surface area contributed by atoms with Crippen LogP contribution in [0.1, 0.15) is 5.56 Å². The Morgan fingerprint density at radius 1 is 1.53 bits per heavy atom. The van der Waals surface area contributed by atoms with Crippen molar-refractivity contribution in [3.63, 3.8) is 0 Å². The Hall–Kier alpha value is -0.750. The number of sulfone groups is 1. The molecule has 0 radical (unpaired) electrons. The van der Waals surface area contributed by atoms with Crippen LogP contribution in [-0.4, -0.2) is 31.2 Å². The lowest BCUT2D eigenvalue weighted by atomic mass is 10.3. The fraction of sp³-hybridized carbons (Fsp3) is 0.444. The maximum absolute atomic E-state index is 10.9. The van der Waals surface area contributed by atoms with Crippen LogP contribution in [0.3, 0.4) is 0 Å². The van der Waals surface area contributed by atoms with Gasteiger partial charge in [0.05, 0.1) is 10.8 Å². The van der Waals surface area contributed by atoms with Gasteiger partial charge in [-0.3, -0.25) is 0 Å². The third kappa shape index (κ3) is 4.53. The van der Waals surface area contributed by atoms with Crippen LogP contribution in [0.2, 0.25) is 0 Å². The van der Waals surface area contributed by atoms with E-state index >= 15 is 0 Å². The van der Waals surface area contributed by atoms with Crippen LogP contribution in [0.5, 0.6) is 0 Å². The van der Waals surface area contributed by atoms with Gasteiger partial charge in [-0.15, -0.1) is 11.8 Å². The van der Waals surface area contributed by atoms with E-state index in [0.717, 1.165) is 10.6 Å². The topological polar surface area (TPSA) is 73.0 Å². The Bertz CT molecular complexity index is 443. The number of hydrogen-bond donors (Lipinski definition) is 1. The van der Waals surface area contributed by atoms with E-state index in [1.54, 1.807) is 12.3 Å². The van der Waals surface area contributed by atoms with Crippen LogP contribution in [0.4, 0.5) is 5.69 Å². The Balaban J connectivity index is 2.55. The molecule has 0 spiro atoms. The highest BCUT2D eigenvalue weighted by Gasteiger charge is 2.04. The van der Waals surface area contributed by atoms with Crippen molar-refractivity contribution < 1.29 is 8.42 Å². The summed E-state index contributed by atoms with van der Waals surface area (Å²) in [5.74, 6) is 0.668. The fourth-order valence-corrected chi connectivity index (χ4v) is 2.99. The molecule has 15 heavy (non-hydrogen) atoms. The molecule has 1 aromatic heterocycles. The molecule has 6 heteroatoms. The van der Waals surface area contributed by atoms with Crippen molar-refractivity contribution in [1.82, 2.24) is 4.98 Å². The Kier molecular flexibility index (Phi) is 3.98. The first kappa shape index (κ1) is 12.3. The standard InChI is InChI=1S/C9H14N2O2S2/c1-7-6-11-9(5-8(7)10)14-3-4-15(2,12)13/h5-6H,3-4H2,1-2H3,(H2,10,11). The Labute approximate surface area is 94.2 Å². The number of pyridine rings is 1. The van der Waals surface area contributed by atoms with Crippen LogP contribution in [0.25, 0.3) is 0 Å². The molecular weight excluding hydrogens is 232 g/mol. The van der Waals surface area contributed by atoms with Crippen LogP contribution in [0.15, 0.2) is 17.3 Å². The summed E-state index contributed by atoms with van der Waals surface area (Å²) in [5.41, 5.74) is 7.33. The molecule has 0 aliphatic carbocycles. The molecule has 0 amide bonds. The second-order valence-electron chi connectivity index (χ2n) is 3.36. The molecule has 0 fully saturated rings. The maximum Gasteiger partial charge on any atom is 0.148 e. The minimum atomic E-state index is -2.89. The third-order valence-corrected chi connectivity index (χ3v) is 3.96. The first-order chi connectivity index (χ1) is 6.88. The summed E-state index contributed by atoms with van der Waals surface area (Å²) in [6.45, 7) is 1.88. The average molecular weight is 246 g/mol. The van der Waals surface area contributed by atoms with E-state index < -0.39 is 9.84 Å². The quantitative estimate of drug-likeness (QED) is 0.806. The van der Waals surface area contributed by atoms with E-state index in [9.17, 15) is 8.42 Å². The predicted molar refractivity (Wildman–Crippen MR) is 63.8 cm³/mol. The van der Waals surface area contributed by atoms with Gasteiger partial charge in [0, 0.05) is 23.9 Å². The van der Waals surface area contributed by atoms with Crippen molar-refractivity contribution in [2.24, 2.45) is 0 Å². The van der Waals surface area contributed by atoms with Crippen molar-refractivity contribution >= 4 is 27.3 Å². The molecule has 0 aliphatic heterocycles. The van der Waals surface area contributed by atoms with Crippen LogP contribution in [-0.2, 0) is 9.84 Å². The summed E-state index contributed by atoms with van der Waals surface area (Å²) in [7, 11) is -2.89. The van der Waals surface area contributed by atoms with Gasteiger partial charge in [0.15, 0.2) is 0 Å². The number of thioether (sulfide) groups is 1. The minimum Gasteiger partial charge on any atom is -0.398 e. The number of rotatable bonds is 4. The second kappa shape index (κ2) is 4.85. The zero-order valence-electron chi connectivity index (χ0n) is 8.73. The summed E-state index contributed by atoms with van der Waals surface area (Å²) in [6, 6.07) is 1.77. The summed E-state index contributed by atoms with van der Waals surface area (Å²) in [4.78, 5) is 4.15. The van der Waals surface area contributed by atoms with Gasteiger partial charge in [-0.05, 0) is 18.6 Å². The molecule has 2 N–H and O–H groups in total. The number of hydrogen-bond acceptors (Lipinski definition) is 5. The highest BCUT2D eigenvalue weighted by Crippen LogP contribution is 2.19. The second-order valence-corrected chi connectivity index (χ2v) is 6.73. The minimum absolute atomic E-state index is 0.160. The van der Waals surface area contributed by atoms with E-state index in [1.807, 2.05) is 6.92 Å². The van der Waals surface area contributed by atoms with Gasteiger partial charge in [-0.1, -0.05) is 0 Å². The molecule has 0 atom stereocenters. The van der Waals surface area contributed by atoms with Crippen molar-refractivity contribution in [1.29, 1.82) is 0 Å². The van der Waals surface area contributed by atoms with Crippen molar-refractivity contribution in [3.05, 3.63) is 17.8 Å². The zero-order chi connectivity index (χ0) is 11.5. The summed E-state index contributed by atoms with van der Waals surface area (Å²) in [5, 5.41) is 0.766. The molecule has 0 aliphatic rings. The van der Waals surface area contributed by atoms with Gasteiger partial charge in [0.2, 0.25) is 0 Å². The van der Waals surface area contributed by atoms with Crippen molar-refractivity contribution in [2.45, 2.75) is 11.9 Å². The normalized spacial score (nSPS) is 11.6.